The van der Waals surface area contributed by atoms with E-state index in [9.17, 15) is 9.18 Å². The number of hydrogen-bond donors (Lipinski definition) is 1. The number of benzene rings is 3. The highest BCUT2D eigenvalue weighted by atomic mass is 79.9. The maximum atomic E-state index is 13.5. The Morgan fingerprint density at radius 3 is 2.75 bits per heavy atom. The van der Waals surface area contributed by atoms with Crippen molar-refractivity contribution in [2.75, 3.05) is 5.32 Å². The van der Waals surface area contributed by atoms with E-state index in [0.717, 1.165) is 5.56 Å². The number of anilines is 1. The summed E-state index contributed by atoms with van der Waals surface area (Å²) in [5.41, 5.74) is 2.98. The Balaban J connectivity index is 1.50. The number of halogens is 2. The molecular weight excluding hydrogens is 427 g/mol. The highest BCUT2D eigenvalue weighted by Gasteiger charge is 2.13. The van der Waals surface area contributed by atoms with E-state index in [-0.39, 0.29) is 18.3 Å². The second-order valence-electron chi connectivity index (χ2n) is 6.01. The largest absolute Gasteiger partial charge is 0.444 e. The van der Waals surface area contributed by atoms with Crippen LogP contribution in [-0.4, -0.2) is 11.1 Å². The number of oxazole rings is 1. The van der Waals surface area contributed by atoms with E-state index in [4.69, 9.17) is 9.15 Å². The zero-order chi connectivity index (χ0) is 19.5. The topological polar surface area (TPSA) is 64.4 Å². The molecule has 1 amide bonds. The summed E-state index contributed by atoms with van der Waals surface area (Å²) in [5.74, 6) is -0.103. The highest BCUT2D eigenvalue weighted by Crippen LogP contribution is 2.31. The van der Waals surface area contributed by atoms with Gasteiger partial charge in [0.2, 0.25) is 5.89 Å². The van der Waals surface area contributed by atoms with E-state index in [1.165, 1.54) is 12.1 Å². The standard InChI is InChI=1S/C21H14BrFN2O3/c22-17-8-6-14(23)10-16(17)20-25-18-11-15(7-9-19(18)28-20)24-21(26)27-12-13-4-2-1-3-5-13/h1-11H,12H2,(H,24,26). The smallest absolute Gasteiger partial charge is 0.411 e. The quantitative estimate of drug-likeness (QED) is 0.413. The van der Waals surface area contributed by atoms with E-state index in [0.29, 0.717) is 26.8 Å². The number of ether oxygens (including phenoxy) is 1. The molecule has 140 valence electrons. The van der Waals surface area contributed by atoms with Crippen LogP contribution in [0.25, 0.3) is 22.6 Å². The first-order valence-corrected chi connectivity index (χ1v) is 9.21. The van der Waals surface area contributed by atoms with Gasteiger partial charge in [-0.2, -0.15) is 0 Å². The van der Waals surface area contributed by atoms with E-state index in [1.807, 2.05) is 30.3 Å². The van der Waals surface area contributed by atoms with E-state index in [2.05, 4.69) is 26.2 Å². The van der Waals surface area contributed by atoms with Gasteiger partial charge in [0.05, 0.1) is 5.56 Å². The molecule has 0 fully saturated rings. The van der Waals surface area contributed by atoms with Crippen molar-refractivity contribution in [2.24, 2.45) is 0 Å². The molecule has 28 heavy (non-hydrogen) atoms. The van der Waals surface area contributed by atoms with Crippen molar-refractivity contribution in [2.45, 2.75) is 6.61 Å². The van der Waals surface area contributed by atoms with Gasteiger partial charge in [-0.25, -0.2) is 14.2 Å². The molecule has 7 heteroatoms. The molecule has 0 unspecified atom stereocenters. The average molecular weight is 441 g/mol. The third kappa shape index (κ3) is 4.04. The van der Waals surface area contributed by atoms with Gasteiger partial charge >= 0.3 is 6.09 Å². The lowest BCUT2D eigenvalue weighted by atomic mass is 10.2. The monoisotopic (exact) mass is 440 g/mol. The first-order chi connectivity index (χ1) is 13.6. The van der Waals surface area contributed by atoms with E-state index < -0.39 is 6.09 Å². The lowest BCUT2D eigenvalue weighted by molar-refractivity contribution is 0.155. The molecule has 0 aliphatic heterocycles. The summed E-state index contributed by atoms with van der Waals surface area (Å²) < 4.78 is 25.1. The SMILES string of the molecule is O=C(Nc1ccc2oc(-c3cc(F)ccc3Br)nc2c1)OCc1ccccc1. The summed E-state index contributed by atoms with van der Waals surface area (Å²) in [6.07, 6.45) is -0.570. The van der Waals surface area contributed by atoms with Crippen LogP contribution in [0.5, 0.6) is 0 Å². The highest BCUT2D eigenvalue weighted by molar-refractivity contribution is 9.10. The van der Waals surface area contributed by atoms with Gasteiger partial charge in [-0.15, -0.1) is 0 Å². The number of aromatic nitrogens is 1. The van der Waals surface area contributed by atoms with Crippen LogP contribution in [0.15, 0.2) is 75.6 Å². The molecule has 0 aliphatic rings. The van der Waals surface area contributed by atoms with Crippen molar-refractivity contribution in [1.29, 1.82) is 0 Å². The summed E-state index contributed by atoms with van der Waals surface area (Å²) >= 11 is 3.37. The molecule has 0 saturated heterocycles. The van der Waals surface area contributed by atoms with E-state index in [1.54, 1.807) is 24.3 Å². The minimum Gasteiger partial charge on any atom is -0.444 e. The molecule has 0 spiro atoms. The Labute approximate surface area is 168 Å². The summed E-state index contributed by atoms with van der Waals surface area (Å²) in [6, 6.07) is 18.7. The molecule has 0 atom stereocenters. The van der Waals surface area contributed by atoms with Crippen LogP contribution < -0.4 is 5.32 Å². The van der Waals surface area contributed by atoms with Crippen LogP contribution in [0.2, 0.25) is 0 Å². The molecule has 0 aliphatic carbocycles. The lowest BCUT2D eigenvalue weighted by Gasteiger charge is -2.06. The van der Waals surface area contributed by atoms with Crippen molar-refractivity contribution in [3.8, 4) is 11.5 Å². The number of rotatable bonds is 4. The second kappa shape index (κ2) is 7.82. The van der Waals surface area contributed by atoms with Crippen molar-refractivity contribution in [3.05, 3.63) is 82.6 Å². The minimum absolute atomic E-state index is 0.177. The molecule has 0 bridgehead atoms. The Morgan fingerprint density at radius 1 is 1.11 bits per heavy atom. The summed E-state index contributed by atoms with van der Waals surface area (Å²) in [4.78, 5) is 16.4. The Morgan fingerprint density at radius 2 is 1.93 bits per heavy atom. The zero-order valence-corrected chi connectivity index (χ0v) is 16.1. The Hall–Kier alpha value is -3.19. The molecule has 1 N–H and O–H groups in total. The first-order valence-electron chi connectivity index (χ1n) is 8.42. The van der Waals surface area contributed by atoms with Gasteiger partial charge in [-0.3, -0.25) is 5.32 Å². The van der Waals surface area contributed by atoms with Crippen molar-refractivity contribution >= 4 is 38.8 Å². The molecule has 1 heterocycles. The van der Waals surface area contributed by atoms with Crippen LogP contribution in [0.3, 0.4) is 0 Å². The van der Waals surface area contributed by atoms with Gasteiger partial charge in [0.15, 0.2) is 5.58 Å². The van der Waals surface area contributed by atoms with Crippen molar-refractivity contribution < 1.29 is 18.3 Å². The number of carbonyl (C=O) groups is 1. The Bertz CT molecular complexity index is 1150. The van der Waals surface area contributed by atoms with Gasteiger partial charge in [0, 0.05) is 10.2 Å². The van der Waals surface area contributed by atoms with Crippen LogP contribution in [0, 0.1) is 5.82 Å². The van der Waals surface area contributed by atoms with E-state index >= 15 is 0 Å². The van der Waals surface area contributed by atoms with Crippen molar-refractivity contribution in [3.63, 3.8) is 0 Å². The normalized spacial score (nSPS) is 10.8. The van der Waals surface area contributed by atoms with Gasteiger partial charge < -0.3 is 9.15 Å². The molecule has 4 rings (SSSR count). The van der Waals surface area contributed by atoms with Gasteiger partial charge in [-0.05, 0) is 57.9 Å². The molecule has 0 saturated carbocycles. The summed E-state index contributed by atoms with van der Waals surface area (Å²) in [5, 5.41) is 2.66. The number of nitrogens with one attached hydrogen (secondary N) is 1. The maximum Gasteiger partial charge on any atom is 0.411 e. The predicted molar refractivity (Wildman–Crippen MR) is 107 cm³/mol. The van der Waals surface area contributed by atoms with Crippen LogP contribution in [0.4, 0.5) is 14.9 Å². The summed E-state index contributed by atoms with van der Waals surface area (Å²) in [7, 11) is 0. The van der Waals surface area contributed by atoms with Crippen molar-refractivity contribution in [1.82, 2.24) is 4.98 Å². The van der Waals surface area contributed by atoms with Crippen LogP contribution in [-0.2, 0) is 11.3 Å². The van der Waals surface area contributed by atoms with Gasteiger partial charge in [0.1, 0.15) is 17.9 Å². The first kappa shape index (κ1) is 18.2. The number of carbonyl (C=O) groups excluding carboxylic acids is 1. The molecule has 4 aromatic rings. The van der Waals surface area contributed by atoms with Gasteiger partial charge in [-0.1, -0.05) is 30.3 Å². The number of fused-ring (bicyclic) bond motifs is 1. The zero-order valence-electron chi connectivity index (χ0n) is 14.5. The Kier molecular flexibility index (Phi) is 5.08. The second-order valence-corrected chi connectivity index (χ2v) is 6.87. The predicted octanol–water partition coefficient (Wildman–Crippen LogP) is 6.15. The average Bonchev–Trinajstić information content (AvgIpc) is 3.12. The number of nitrogens with zero attached hydrogens (tertiary/aromatic N) is 1. The third-order valence-corrected chi connectivity index (χ3v) is 4.70. The fraction of sp³-hybridized carbons (Fsp3) is 0.0476. The maximum absolute atomic E-state index is 13.5. The number of hydrogen-bond acceptors (Lipinski definition) is 4. The third-order valence-electron chi connectivity index (χ3n) is 4.01. The lowest BCUT2D eigenvalue weighted by Crippen LogP contribution is -2.13. The minimum atomic E-state index is -0.570. The van der Waals surface area contributed by atoms with Gasteiger partial charge in [0.25, 0.3) is 0 Å². The molecule has 3 aromatic carbocycles. The fourth-order valence-corrected chi connectivity index (χ4v) is 3.08. The molecule has 0 radical (unpaired) electrons. The molecule has 5 nitrogen and oxygen atoms in total. The molecule has 1 aromatic heterocycles. The fourth-order valence-electron chi connectivity index (χ4n) is 2.66. The van der Waals surface area contributed by atoms with Crippen LogP contribution in [0.1, 0.15) is 5.56 Å². The van der Waals surface area contributed by atoms with Crippen LogP contribution >= 0.6 is 15.9 Å². The number of amides is 1. The summed E-state index contributed by atoms with van der Waals surface area (Å²) in [6.45, 7) is 0.177. The molecular formula is C21H14BrFN2O3.